The quantitative estimate of drug-likeness (QED) is 0.561. The van der Waals surface area contributed by atoms with Gasteiger partial charge in [-0.1, -0.05) is 19.1 Å². The van der Waals surface area contributed by atoms with Crippen LogP contribution in [0.2, 0.25) is 0 Å². The number of hydrogen-bond donors (Lipinski definition) is 3. The van der Waals surface area contributed by atoms with Crippen LogP contribution >= 0.6 is 0 Å². The molecule has 0 atom stereocenters. The Hall–Kier alpha value is -3.04. The van der Waals surface area contributed by atoms with Crippen LogP contribution < -0.4 is 15.6 Å². The summed E-state index contributed by atoms with van der Waals surface area (Å²) in [6.07, 6.45) is 2.28. The second kappa shape index (κ2) is 8.32. The molecular weight excluding hydrogens is 380 g/mol. The number of carbonyl (C=O) groups excluding carboxylic acids is 1. The molecule has 0 aliphatic heterocycles. The standard InChI is InChI=1S/C19H20N4O4S/c1-2-4-18(24)22-14-6-3-5-13(9-14)11-21-28(26,27)15-7-8-16-17(10-15)20-12-19(25)23-16/h3,5-10,12,21H,2,4,11H2,1H3,(H,22,24)(H,23,25). The Morgan fingerprint density at radius 1 is 1.18 bits per heavy atom. The van der Waals surface area contributed by atoms with Crippen LogP contribution in [-0.2, 0) is 21.4 Å². The van der Waals surface area contributed by atoms with Crippen LogP contribution in [0.4, 0.5) is 5.69 Å². The van der Waals surface area contributed by atoms with Gasteiger partial charge in [0.1, 0.15) is 0 Å². The maximum atomic E-state index is 12.6. The fourth-order valence-corrected chi connectivity index (χ4v) is 3.69. The predicted octanol–water partition coefficient (Wildman–Crippen LogP) is 2.14. The van der Waals surface area contributed by atoms with Gasteiger partial charge in [0, 0.05) is 18.7 Å². The van der Waals surface area contributed by atoms with Crippen molar-refractivity contribution in [3.05, 3.63) is 64.6 Å². The molecule has 2 aromatic carbocycles. The number of benzene rings is 2. The lowest BCUT2D eigenvalue weighted by molar-refractivity contribution is -0.116. The van der Waals surface area contributed by atoms with Crippen LogP contribution in [0.15, 0.2) is 58.4 Å². The smallest absolute Gasteiger partial charge is 0.266 e. The highest BCUT2D eigenvalue weighted by molar-refractivity contribution is 7.89. The van der Waals surface area contributed by atoms with E-state index in [9.17, 15) is 18.0 Å². The molecule has 1 heterocycles. The molecule has 1 aromatic heterocycles. The third-order valence-electron chi connectivity index (χ3n) is 4.01. The summed E-state index contributed by atoms with van der Waals surface area (Å²) >= 11 is 0. The Kier molecular flexibility index (Phi) is 5.86. The summed E-state index contributed by atoms with van der Waals surface area (Å²) in [5.41, 5.74) is 1.81. The van der Waals surface area contributed by atoms with Crippen molar-refractivity contribution in [1.29, 1.82) is 0 Å². The van der Waals surface area contributed by atoms with Gasteiger partial charge in [-0.05, 0) is 42.3 Å². The topological polar surface area (TPSA) is 121 Å². The Morgan fingerprint density at radius 2 is 2.00 bits per heavy atom. The van der Waals surface area contributed by atoms with Gasteiger partial charge in [0.05, 0.1) is 22.1 Å². The fourth-order valence-electron chi connectivity index (χ4n) is 2.66. The van der Waals surface area contributed by atoms with Crippen molar-refractivity contribution in [1.82, 2.24) is 14.7 Å². The van der Waals surface area contributed by atoms with Crippen molar-refractivity contribution in [3.63, 3.8) is 0 Å². The number of nitrogens with one attached hydrogen (secondary N) is 3. The Morgan fingerprint density at radius 3 is 2.79 bits per heavy atom. The summed E-state index contributed by atoms with van der Waals surface area (Å²) in [6, 6.07) is 11.3. The molecule has 28 heavy (non-hydrogen) atoms. The average Bonchev–Trinajstić information content (AvgIpc) is 2.66. The number of aromatic amines is 1. The van der Waals surface area contributed by atoms with Crippen LogP contribution in [0.3, 0.4) is 0 Å². The number of hydrogen-bond acceptors (Lipinski definition) is 5. The summed E-state index contributed by atoms with van der Waals surface area (Å²) < 4.78 is 27.7. The van der Waals surface area contributed by atoms with E-state index in [0.717, 1.165) is 12.6 Å². The van der Waals surface area contributed by atoms with Crippen LogP contribution in [0.5, 0.6) is 0 Å². The van der Waals surface area contributed by atoms with E-state index in [1.807, 2.05) is 6.92 Å². The van der Waals surface area contributed by atoms with Crippen molar-refractivity contribution in [2.75, 3.05) is 5.32 Å². The number of fused-ring (bicyclic) bond motifs is 1. The first-order valence-corrected chi connectivity index (χ1v) is 10.2. The second-order valence-electron chi connectivity index (χ2n) is 6.25. The zero-order valence-corrected chi connectivity index (χ0v) is 16.0. The summed E-state index contributed by atoms with van der Waals surface area (Å²) in [4.78, 5) is 29.6. The molecule has 0 saturated carbocycles. The van der Waals surface area contributed by atoms with Gasteiger partial charge in [-0.15, -0.1) is 0 Å². The Balaban J connectivity index is 1.74. The molecule has 0 aliphatic rings. The molecular formula is C19H20N4O4S. The van der Waals surface area contributed by atoms with Gasteiger partial charge in [0.15, 0.2) is 0 Å². The molecule has 0 bridgehead atoms. The lowest BCUT2D eigenvalue weighted by Crippen LogP contribution is -2.23. The number of anilines is 1. The summed E-state index contributed by atoms with van der Waals surface area (Å²) in [5, 5.41) is 2.78. The number of nitrogens with zero attached hydrogens (tertiary/aromatic N) is 1. The van der Waals surface area contributed by atoms with Gasteiger partial charge in [0.25, 0.3) is 5.56 Å². The van der Waals surface area contributed by atoms with Crippen molar-refractivity contribution >= 4 is 32.7 Å². The number of sulfonamides is 1. The van der Waals surface area contributed by atoms with E-state index in [1.165, 1.54) is 18.2 Å². The number of aromatic nitrogens is 2. The lowest BCUT2D eigenvalue weighted by atomic mass is 10.2. The van der Waals surface area contributed by atoms with Gasteiger partial charge >= 0.3 is 0 Å². The van der Waals surface area contributed by atoms with Crippen molar-refractivity contribution in [2.24, 2.45) is 0 Å². The highest BCUT2D eigenvalue weighted by Crippen LogP contribution is 2.16. The molecule has 0 unspecified atom stereocenters. The van der Waals surface area contributed by atoms with E-state index in [2.05, 4.69) is 20.0 Å². The molecule has 3 aromatic rings. The highest BCUT2D eigenvalue weighted by Gasteiger charge is 2.15. The van der Waals surface area contributed by atoms with Crippen molar-refractivity contribution in [3.8, 4) is 0 Å². The van der Waals surface area contributed by atoms with Crippen LogP contribution in [0.25, 0.3) is 11.0 Å². The maximum absolute atomic E-state index is 12.6. The molecule has 146 valence electrons. The lowest BCUT2D eigenvalue weighted by Gasteiger charge is -2.09. The monoisotopic (exact) mass is 400 g/mol. The van der Waals surface area contributed by atoms with Gasteiger partial charge in [-0.2, -0.15) is 0 Å². The fraction of sp³-hybridized carbons (Fsp3) is 0.211. The number of carbonyl (C=O) groups is 1. The number of amides is 1. The first kappa shape index (κ1) is 19.7. The van der Waals surface area contributed by atoms with Crippen molar-refractivity contribution < 1.29 is 13.2 Å². The van der Waals surface area contributed by atoms with Gasteiger partial charge in [-0.25, -0.2) is 18.1 Å². The molecule has 3 rings (SSSR count). The molecule has 0 radical (unpaired) electrons. The van der Waals surface area contributed by atoms with Gasteiger partial charge < -0.3 is 10.3 Å². The third-order valence-corrected chi connectivity index (χ3v) is 5.41. The Labute approximate surface area is 162 Å². The van der Waals surface area contributed by atoms with Crippen LogP contribution in [0, 0.1) is 0 Å². The first-order chi connectivity index (χ1) is 13.4. The maximum Gasteiger partial charge on any atom is 0.266 e. The summed E-state index contributed by atoms with van der Waals surface area (Å²) in [5.74, 6) is -0.0815. The second-order valence-corrected chi connectivity index (χ2v) is 8.02. The minimum atomic E-state index is -3.77. The van der Waals surface area contributed by atoms with E-state index < -0.39 is 10.0 Å². The molecule has 0 spiro atoms. The predicted molar refractivity (Wildman–Crippen MR) is 106 cm³/mol. The summed E-state index contributed by atoms with van der Waals surface area (Å²) in [7, 11) is -3.77. The minimum absolute atomic E-state index is 0.0481. The van der Waals surface area contributed by atoms with Gasteiger partial charge in [-0.3, -0.25) is 9.59 Å². The molecule has 1 amide bonds. The molecule has 0 fully saturated rings. The Bertz CT molecular complexity index is 1170. The largest absolute Gasteiger partial charge is 0.326 e. The third kappa shape index (κ3) is 4.81. The molecule has 0 saturated heterocycles. The number of rotatable bonds is 7. The number of H-pyrrole nitrogens is 1. The van der Waals surface area contributed by atoms with Crippen LogP contribution in [0.1, 0.15) is 25.3 Å². The van der Waals surface area contributed by atoms with Crippen LogP contribution in [-0.4, -0.2) is 24.3 Å². The zero-order valence-electron chi connectivity index (χ0n) is 15.2. The van der Waals surface area contributed by atoms with E-state index in [0.29, 0.717) is 28.7 Å². The van der Waals surface area contributed by atoms with E-state index in [1.54, 1.807) is 24.3 Å². The normalized spacial score (nSPS) is 11.5. The summed E-state index contributed by atoms with van der Waals surface area (Å²) in [6.45, 7) is 1.99. The van der Waals surface area contributed by atoms with E-state index in [-0.39, 0.29) is 22.9 Å². The zero-order chi connectivity index (χ0) is 20.1. The van der Waals surface area contributed by atoms with Crippen molar-refractivity contribution in [2.45, 2.75) is 31.2 Å². The first-order valence-electron chi connectivity index (χ1n) is 8.75. The van der Waals surface area contributed by atoms with E-state index in [4.69, 9.17) is 0 Å². The average molecular weight is 400 g/mol. The molecule has 3 N–H and O–H groups in total. The molecule has 9 heteroatoms. The highest BCUT2D eigenvalue weighted by atomic mass is 32.2. The molecule has 0 aliphatic carbocycles. The van der Waals surface area contributed by atoms with Gasteiger partial charge in [0.2, 0.25) is 15.9 Å². The van der Waals surface area contributed by atoms with E-state index >= 15 is 0 Å². The SMILES string of the molecule is CCCC(=O)Nc1cccc(CNS(=O)(=O)c2ccc3[nH]c(=O)cnc3c2)c1. The molecule has 8 nitrogen and oxygen atoms in total. The minimum Gasteiger partial charge on any atom is -0.326 e.